The number of benzene rings is 1. The van der Waals surface area contributed by atoms with Gasteiger partial charge in [0, 0.05) is 0 Å². The number of rotatable bonds is 4. The van der Waals surface area contributed by atoms with Gasteiger partial charge in [-0.2, -0.15) is 0 Å². The summed E-state index contributed by atoms with van der Waals surface area (Å²) in [5.74, 6) is 0. The summed E-state index contributed by atoms with van der Waals surface area (Å²) in [6, 6.07) is 5.17. The molecule has 7 heteroatoms. The van der Waals surface area contributed by atoms with E-state index in [9.17, 15) is 8.42 Å². The fourth-order valence-electron chi connectivity index (χ4n) is 1.45. The molecule has 1 saturated heterocycles. The monoisotopic (exact) mass is 276 g/mol. The van der Waals surface area contributed by atoms with Gasteiger partial charge in [-0.3, -0.25) is 4.72 Å². The van der Waals surface area contributed by atoms with Gasteiger partial charge >= 0.3 is 0 Å². The second-order valence-electron chi connectivity index (χ2n) is 3.95. The predicted octanol–water partition coefficient (Wildman–Crippen LogP) is 1.52. The minimum absolute atomic E-state index is 0.237. The van der Waals surface area contributed by atoms with E-state index in [2.05, 4.69) is 10.0 Å². The Labute approximate surface area is 105 Å². The normalized spacial score (nSPS) is 16.4. The van der Waals surface area contributed by atoms with Gasteiger partial charge in [0.25, 0.3) is 0 Å². The molecule has 0 bridgehead atoms. The molecular weight excluding hydrogens is 264 g/mol. The molecule has 2 N–H and O–H groups in total. The highest BCUT2D eigenvalue weighted by atomic mass is 35.5. The molecule has 94 valence electrons. The van der Waals surface area contributed by atoms with Gasteiger partial charge in [0.1, 0.15) is 0 Å². The summed E-state index contributed by atoms with van der Waals surface area (Å²) in [5, 5.41) is 3.73. The van der Waals surface area contributed by atoms with E-state index >= 15 is 0 Å². The van der Waals surface area contributed by atoms with Crippen molar-refractivity contribution in [2.75, 3.05) is 29.5 Å². The molecule has 1 heterocycles. The molecule has 0 unspecified atom stereocenters. The third-order valence-corrected chi connectivity index (χ3v) is 3.20. The molecule has 0 radical (unpaired) electrons. The number of ether oxygens (including phenoxy) is 1. The van der Waals surface area contributed by atoms with Crippen molar-refractivity contribution in [2.45, 2.75) is 6.04 Å². The Morgan fingerprint density at radius 3 is 2.65 bits per heavy atom. The number of anilines is 2. The maximum atomic E-state index is 11.1. The van der Waals surface area contributed by atoms with Crippen LogP contribution in [-0.4, -0.2) is 33.9 Å². The number of sulfonamides is 1. The Balaban J connectivity index is 2.16. The van der Waals surface area contributed by atoms with Crippen LogP contribution in [0.25, 0.3) is 0 Å². The van der Waals surface area contributed by atoms with Crippen LogP contribution in [-0.2, 0) is 14.8 Å². The van der Waals surface area contributed by atoms with Crippen LogP contribution in [0.4, 0.5) is 11.4 Å². The molecule has 1 aliphatic rings. The van der Waals surface area contributed by atoms with Crippen molar-refractivity contribution in [2.24, 2.45) is 0 Å². The van der Waals surface area contributed by atoms with E-state index < -0.39 is 10.0 Å². The average Bonchev–Trinajstić information content (AvgIpc) is 2.14. The van der Waals surface area contributed by atoms with Gasteiger partial charge in [-0.25, -0.2) is 8.42 Å². The van der Waals surface area contributed by atoms with Gasteiger partial charge in [-0.15, -0.1) is 0 Å². The molecule has 0 aliphatic carbocycles. The van der Waals surface area contributed by atoms with Gasteiger partial charge in [-0.05, 0) is 18.2 Å². The first-order chi connectivity index (χ1) is 7.94. The van der Waals surface area contributed by atoms with Crippen molar-refractivity contribution in [1.82, 2.24) is 0 Å². The van der Waals surface area contributed by atoms with Crippen molar-refractivity contribution in [3.05, 3.63) is 23.2 Å². The van der Waals surface area contributed by atoms with E-state index in [1.165, 1.54) is 0 Å². The molecule has 1 aliphatic heterocycles. The van der Waals surface area contributed by atoms with Crippen molar-refractivity contribution < 1.29 is 13.2 Å². The summed E-state index contributed by atoms with van der Waals surface area (Å²) >= 11 is 6.01. The van der Waals surface area contributed by atoms with Crippen molar-refractivity contribution in [1.29, 1.82) is 0 Å². The van der Waals surface area contributed by atoms with Crippen LogP contribution < -0.4 is 10.0 Å². The summed E-state index contributed by atoms with van der Waals surface area (Å²) in [5.41, 5.74) is 1.19. The molecule has 0 spiro atoms. The third-order valence-electron chi connectivity index (χ3n) is 2.27. The molecule has 17 heavy (non-hydrogen) atoms. The van der Waals surface area contributed by atoms with Crippen LogP contribution in [0, 0.1) is 0 Å². The lowest BCUT2D eigenvalue weighted by Gasteiger charge is -2.28. The molecule has 1 fully saturated rings. The van der Waals surface area contributed by atoms with Crippen LogP contribution in [0.3, 0.4) is 0 Å². The van der Waals surface area contributed by atoms with Crippen molar-refractivity contribution in [3.8, 4) is 0 Å². The highest BCUT2D eigenvalue weighted by Crippen LogP contribution is 2.27. The molecule has 1 aromatic carbocycles. The zero-order valence-corrected chi connectivity index (χ0v) is 10.8. The largest absolute Gasteiger partial charge is 0.377 e. The highest BCUT2D eigenvalue weighted by Gasteiger charge is 2.19. The Morgan fingerprint density at radius 1 is 1.41 bits per heavy atom. The van der Waals surface area contributed by atoms with Crippen molar-refractivity contribution in [3.63, 3.8) is 0 Å². The quantitative estimate of drug-likeness (QED) is 0.875. The average molecular weight is 277 g/mol. The first-order valence-electron chi connectivity index (χ1n) is 5.06. The second kappa shape index (κ2) is 4.72. The van der Waals surface area contributed by atoms with Crippen LogP contribution in [0.5, 0.6) is 0 Å². The fraction of sp³-hybridized carbons (Fsp3) is 0.400. The Kier molecular flexibility index (Phi) is 3.46. The Hall–Kier alpha value is -0.980. The Morgan fingerprint density at radius 2 is 2.12 bits per heavy atom. The number of hydrogen-bond donors (Lipinski definition) is 2. The lowest BCUT2D eigenvalue weighted by Crippen LogP contribution is -2.40. The standard InChI is InChI=1S/C10H13ClN2O3S/c1-17(14,15)13-7-2-3-9(11)10(4-7)12-8-5-16-6-8/h2-4,8,12-13H,5-6H2,1H3. The smallest absolute Gasteiger partial charge is 0.229 e. The molecule has 5 nitrogen and oxygen atoms in total. The molecule has 0 amide bonds. The van der Waals surface area contributed by atoms with E-state index in [0.29, 0.717) is 29.6 Å². The van der Waals surface area contributed by atoms with Crippen LogP contribution in [0.2, 0.25) is 5.02 Å². The van der Waals surface area contributed by atoms with Gasteiger partial charge < -0.3 is 10.1 Å². The van der Waals surface area contributed by atoms with Gasteiger partial charge in [-0.1, -0.05) is 11.6 Å². The molecular formula is C10H13ClN2O3S. The molecule has 0 atom stereocenters. The minimum Gasteiger partial charge on any atom is -0.377 e. The zero-order valence-electron chi connectivity index (χ0n) is 9.23. The van der Waals surface area contributed by atoms with E-state index in [1.807, 2.05) is 0 Å². The topological polar surface area (TPSA) is 67.4 Å². The number of halogens is 1. The third kappa shape index (κ3) is 3.49. The van der Waals surface area contributed by atoms with E-state index in [-0.39, 0.29) is 6.04 Å². The molecule has 0 aromatic heterocycles. The van der Waals surface area contributed by atoms with E-state index in [4.69, 9.17) is 16.3 Å². The SMILES string of the molecule is CS(=O)(=O)Nc1ccc(Cl)c(NC2COC2)c1. The van der Waals surface area contributed by atoms with Gasteiger partial charge in [0.2, 0.25) is 10.0 Å². The fourth-order valence-corrected chi connectivity index (χ4v) is 2.18. The summed E-state index contributed by atoms with van der Waals surface area (Å²) in [6.07, 6.45) is 1.11. The maximum absolute atomic E-state index is 11.1. The lowest BCUT2D eigenvalue weighted by atomic mass is 10.2. The van der Waals surface area contributed by atoms with Gasteiger partial charge in [0.05, 0.1) is 41.9 Å². The molecule has 0 saturated carbocycles. The summed E-state index contributed by atoms with van der Waals surface area (Å²) in [4.78, 5) is 0. The molecule has 2 rings (SSSR count). The van der Waals surface area contributed by atoms with E-state index in [1.54, 1.807) is 18.2 Å². The van der Waals surface area contributed by atoms with Crippen LogP contribution in [0.15, 0.2) is 18.2 Å². The zero-order chi connectivity index (χ0) is 12.5. The summed E-state index contributed by atoms with van der Waals surface area (Å²) < 4.78 is 29.6. The predicted molar refractivity (Wildman–Crippen MR) is 68.1 cm³/mol. The Bertz CT molecular complexity index is 514. The number of hydrogen-bond acceptors (Lipinski definition) is 4. The second-order valence-corrected chi connectivity index (χ2v) is 6.10. The summed E-state index contributed by atoms with van der Waals surface area (Å²) in [7, 11) is -3.27. The lowest BCUT2D eigenvalue weighted by molar-refractivity contribution is 0.0211. The minimum atomic E-state index is -3.27. The first kappa shape index (κ1) is 12.5. The van der Waals surface area contributed by atoms with Crippen molar-refractivity contribution >= 4 is 33.0 Å². The van der Waals surface area contributed by atoms with Crippen LogP contribution >= 0.6 is 11.6 Å². The summed E-state index contributed by atoms with van der Waals surface area (Å²) in [6.45, 7) is 1.28. The molecule has 1 aromatic rings. The van der Waals surface area contributed by atoms with Gasteiger partial charge in [0.15, 0.2) is 0 Å². The number of nitrogens with one attached hydrogen (secondary N) is 2. The highest BCUT2D eigenvalue weighted by molar-refractivity contribution is 7.92. The van der Waals surface area contributed by atoms with Crippen LogP contribution in [0.1, 0.15) is 0 Å². The maximum Gasteiger partial charge on any atom is 0.229 e. The first-order valence-corrected chi connectivity index (χ1v) is 7.32. The van der Waals surface area contributed by atoms with E-state index in [0.717, 1.165) is 6.26 Å².